The lowest BCUT2D eigenvalue weighted by Crippen LogP contribution is -2.30. The number of nitrogens with zero attached hydrogens (tertiary/aromatic N) is 3. The largest absolute Gasteiger partial charge is 0.504 e. The zero-order chi connectivity index (χ0) is 24.5. The molecule has 2 aromatic carbocycles. The zero-order valence-corrected chi connectivity index (χ0v) is 20.6. The molecule has 2 aliphatic heterocycles. The highest BCUT2D eigenvalue weighted by Crippen LogP contribution is 2.35. The summed E-state index contributed by atoms with van der Waals surface area (Å²) in [5.74, 6) is -0.0703. The van der Waals surface area contributed by atoms with Crippen LogP contribution in [-0.4, -0.2) is 59.0 Å². The molecule has 0 radical (unpaired) electrons. The smallest absolute Gasteiger partial charge is 0.257 e. The molecule has 0 bridgehead atoms. The molecule has 1 saturated heterocycles. The quantitative estimate of drug-likeness (QED) is 0.558. The number of nitrogens with one attached hydrogen (secondary N) is 1. The van der Waals surface area contributed by atoms with E-state index in [1.165, 1.54) is 29.4 Å². The number of methoxy groups -OCH3 is 1. The van der Waals surface area contributed by atoms with Gasteiger partial charge in [-0.25, -0.2) is 4.98 Å². The van der Waals surface area contributed by atoms with Crippen LogP contribution in [0.4, 0.5) is 5.13 Å². The van der Waals surface area contributed by atoms with Gasteiger partial charge < -0.3 is 19.6 Å². The average Bonchev–Trinajstić information content (AvgIpc) is 3.50. The predicted molar refractivity (Wildman–Crippen MR) is 134 cm³/mol. The average molecular weight is 493 g/mol. The van der Waals surface area contributed by atoms with Gasteiger partial charge in [-0.15, -0.1) is 11.3 Å². The first-order valence-corrected chi connectivity index (χ1v) is 12.5. The molecule has 8 nitrogen and oxygen atoms in total. The van der Waals surface area contributed by atoms with Gasteiger partial charge in [0.15, 0.2) is 16.6 Å². The Balaban J connectivity index is 1.33. The van der Waals surface area contributed by atoms with E-state index in [9.17, 15) is 14.7 Å². The van der Waals surface area contributed by atoms with E-state index in [2.05, 4.69) is 22.2 Å². The van der Waals surface area contributed by atoms with Crippen LogP contribution in [0.1, 0.15) is 55.7 Å². The molecule has 2 amide bonds. The van der Waals surface area contributed by atoms with Crippen LogP contribution in [-0.2, 0) is 13.0 Å². The lowest BCUT2D eigenvalue weighted by atomic mass is 10.0. The van der Waals surface area contributed by atoms with Crippen LogP contribution in [0.25, 0.3) is 0 Å². The van der Waals surface area contributed by atoms with Gasteiger partial charge in [0, 0.05) is 42.1 Å². The van der Waals surface area contributed by atoms with E-state index in [0.717, 1.165) is 43.6 Å². The van der Waals surface area contributed by atoms with Gasteiger partial charge >= 0.3 is 0 Å². The normalized spacial score (nSPS) is 17.8. The van der Waals surface area contributed by atoms with Crippen molar-refractivity contribution in [3.05, 3.63) is 69.7 Å². The second kappa shape index (κ2) is 9.67. The Labute approximate surface area is 208 Å². The number of phenolic OH excluding ortho intramolecular Hbond substituents is 1. The summed E-state index contributed by atoms with van der Waals surface area (Å²) in [6.07, 6.45) is 2.59. The SMILES string of the molecule is COc1cc(C(=O)N2CCCC2c2cccc(C(=O)Nc3nc4c(s3)CN(C)CC4)c2)ccc1O. The van der Waals surface area contributed by atoms with Crippen LogP contribution in [0.2, 0.25) is 0 Å². The molecule has 1 unspecified atom stereocenters. The Kier molecular flexibility index (Phi) is 6.44. The number of hydrogen-bond donors (Lipinski definition) is 2. The van der Waals surface area contributed by atoms with E-state index < -0.39 is 0 Å². The standard InChI is InChI=1S/C26H28N4O4S/c1-29-12-10-19-23(15-29)35-26(27-19)28-24(32)17-6-3-5-16(13-17)20-7-4-11-30(20)25(33)18-8-9-21(31)22(14-18)34-2/h3,5-6,8-9,13-14,20,31H,4,7,10-12,15H2,1-2H3,(H,27,28,32). The van der Waals surface area contributed by atoms with Crippen molar-refractivity contribution in [1.82, 2.24) is 14.8 Å². The fraction of sp³-hybridized carbons (Fsp3) is 0.346. The summed E-state index contributed by atoms with van der Waals surface area (Å²) in [7, 11) is 3.54. The van der Waals surface area contributed by atoms with Crippen molar-refractivity contribution in [3.63, 3.8) is 0 Å². The number of aromatic hydroxyl groups is 1. The van der Waals surface area contributed by atoms with Crippen molar-refractivity contribution in [2.24, 2.45) is 0 Å². The molecular weight excluding hydrogens is 464 g/mol. The third-order valence-corrected chi connectivity index (χ3v) is 7.61. The van der Waals surface area contributed by atoms with E-state index >= 15 is 0 Å². The first-order chi connectivity index (χ1) is 16.9. The van der Waals surface area contributed by atoms with Crippen molar-refractivity contribution < 1.29 is 19.4 Å². The van der Waals surface area contributed by atoms with E-state index in [1.54, 1.807) is 18.2 Å². The molecule has 1 aromatic heterocycles. The van der Waals surface area contributed by atoms with Crippen molar-refractivity contribution >= 4 is 28.3 Å². The van der Waals surface area contributed by atoms with Gasteiger partial charge in [-0.1, -0.05) is 12.1 Å². The topological polar surface area (TPSA) is 95.0 Å². The lowest BCUT2D eigenvalue weighted by Gasteiger charge is -2.25. The number of likely N-dealkylation sites (tertiary alicyclic amines) is 1. The third kappa shape index (κ3) is 4.74. The number of thiazole rings is 1. The highest BCUT2D eigenvalue weighted by Gasteiger charge is 2.31. The minimum absolute atomic E-state index is 0.00571. The molecule has 2 aliphatic rings. The second-order valence-electron chi connectivity index (χ2n) is 9.00. The maximum absolute atomic E-state index is 13.3. The minimum atomic E-state index is -0.203. The van der Waals surface area contributed by atoms with Crippen LogP contribution in [0.3, 0.4) is 0 Å². The van der Waals surface area contributed by atoms with Crippen molar-refractivity contribution in [2.45, 2.75) is 31.8 Å². The summed E-state index contributed by atoms with van der Waals surface area (Å²) in [4.78, 5) is 36.2. The van der Waals surface area contributed by atoms with E-state index in [1.807, 2.05) is 23.1 Å². The molecule has 3 aromatic rings. The van der Waals surface area contributed by atoms with Gasteiger partial charge in [0.05, 0.1) is 18.8 Å². The Morgan fingerprint density at radius 2 is 2.03 bits per heavy atom. The monoisotopic (exact) mass is 492 g/mol. The number of rotatable bonds is 5. The van der Waals surface area contributed by atoms with E-state index in [-0.39, 0.29) is 29.4 Å². The number of hydrogen-bond acceptors (Lipinski definition) is 7. The predicted octanol–water partition coefficient (Wildman–Crippen LogP) is 4.07. The van der Waals surface area contributed by atoms with Crippen LogP contribution in [0, 0.1) is 0 Å². The summed E-state index contributed by atoms with van der Waals surface area (Å²) in [5.41, 5.74) is 3.00. The summed E-state index contributed by atoms with van der Waals surface area (Å²) < 4.78 is 5.16. The number of carbonyl (C=O) groups is 2. The third-order valence-electron chi connectivity index (χ3n) is 6.62. The number of ether oxygens (including phenoxy) is 1. The molecule has 35 heavy (non-hydrogen) atoms. The highest BCUT2D eigenvalue weighted by atomic mass is 32.1. The van der Waals surface area contributed by atoms with Crippen molar-refractivity contribution in [1.29, 1.82) is 0 Å². The first-order valence-electron chi connectivity index (χ1n) is 11.7. The first kappa shape index (κ1) is 23.3. The van der Waals surface area contributed by atoms with Gasteiger partial charge in [-0.05, 0) is 55.8 Å². The fourth-order valence-corrected chi connectivity index (χ4v) is 5.85. The summed E-state index contributed by atoms with van der Waals surface area (Å²) in [6, 6.07) is 12.0. The maximum atomic E-state index is 13.3. The van der Waals surface area contributed by atoms with Gasteiger partial charge in [0.25, 0.3) is 11.8 Å². The molecule has 2 N–H and O–H groups in total. The maximum Gasteiger partial charge on any atom is 0.257 e. The van der Waals surface area contributed by atoms with Gasteiger partial charge in [-0.3, -0.25) is 14.9 Å². The number of amides is 2. The molecule has 1 fully saturated rings. The second-order valence-corrected chi connectivity index (χ2v) is 10.1. The van der Waals surface area contributed by atoms with Crippen LogP contribution < -0.4 is 10.1 Å². The molecule has 3 heterocycles. The summed E-state index contributed by atoms with van der Waals surface area (Å²) >= 11 is 1.53. The fourth-order valence-electron chi connectivity index (χ4n) is 4.77. The molecule has 0 saturated carbocycles. The van der Waals surface area contributed by atoms with Crippen LogP contribution in [0.5, 0.6) is 11.5 Å². The molecule has 1 atom stereocenters. The van der Waals surface area contributed by atoms with Gasteiger partial charge in [-0.2, -0.15) is 0 Å². The molecule has 5 rings (SSSR count). The highest BCUT2D eigenvalue weighted by molar-refractivity contribution is 7.15. The van der Waals surface area contributed by atoms with E-state index in [4.69, 9.17) is 4.74 Å². The van der Waals surface area contributed by atoms with Gasteiger partial charge in [0.1, 0.15) is 0 Å². The number of anilines is 1. The Hall–Kier alpha value is -3.43. The summed E-state index contributed by atoms with van der Waals surface area (Å²) in [6.45, 7) is 2.46. The molecule has 9 heteroatoms. The van der Waals surface area contributed by atoms with Crippen LogP contribution >= 0.6 is 11.3 Å². The molecular formula is C26H28N4O4S. The Morgan fingerprint density at radius 3 is 2.86 bits per heavy atom. The molecule has 182 valence electrons. The number of benzene rings is 2. The van der Waals surface area contributed by atoms with E-state index in [0.29, 0.717) is 22.8 Å². The Morgan fingerprint density at radius 1 is 1.17 bits per heavy atom. The number of aromatic nitrogens is 1. The number of likely N-dealkylation sites (N-methyl/N-ethyl adjacent to an activating group) is 1. The summed E-state index contributed by atoms with van der Waals surface area (Å²) in [5, 5.41) is 13.4. The molecule has 0 aliphatic carbocycles. The number of phenols is 1. The molecule has 0 spiro atoms. The zero-order valence-electron chi connectivity index (χ0n) is 19.8. The lowest BCUT2D eigenvalue weighted by molar-refractivity contribution is 0.0735. The number of fused-ring (bicyclic) bond motifs is 1. The van der Waals surface area contributed by atoms with Crippen molar-refractivity contribution in [2.75, 3.05) is 32.6 Å². The van der Waals surface area contributed by atoms with Gasteiger partial charge in [0.2, 0.25) is 0 Å². The van der Waals surface area contributed by atoms with Crippen molar-refractivity contribution in [3.8, 4) is 11.5 Å². The van der Waals surface area contributed by atoms with Crippen LogP contribution in [0.15, 0.2) is 42.5 Å². The Bertz CT molecular complexity index is 1270. The number of carbonyl (C=O) groups excluding carboxylic acids is 2. The minimum Gasteiger partial charge on any atom is -0.504 e.